The summed E-state index contributed by atoms with van der Waals surface area (Å²) >= 11 is 0. The Morgan fingerprint density at radius 3 is 2.95 bits per heavy atom. The van der Waals surface area contributed by atoms with Crippen molar-refractivity contribution in [1.29, 1.82) is 0 Å². The van der Waals surface area contributed by atoms with Crippen molar-refractivity contribution in [2.45, 2.75) is 45.6 Å². The molecule has 0 amide bonds. The second-order valence-electron chi connectivity index (χ2n) is 5.42. The molecular weight excluding hydrogens is 246 g/mol. The number of unbranched alkanes of at least 4 members (excludes halogenated alkanes) is 1. The molecule has 0 aliphatic carbocycles. The molecule has 0 bridgehead atoms. The Kier molecular flexibility index (Phi) is 5.42. The lowest BCUT2D eigenvalue weighted by atomic mass is 10.1. The lowest BCUT2D eigenvalue weighted by Crippen LogP contribution is -2.21. The van der Waals surface area contributed by atoms with Crippen LogP contribution >= 0.6 is 0 Å². The molecule has 0 fully saturated rings. The van der Waals surface area contributed by atoms with Gasteiger partial charge in [-0.1, -0.05) is 24.6 Å². The van der Waals surface area contributed by atoms with Gasteiger partial charge >= 0.3 is 0 Å². The first kappa shape index (κ1) is 14.9. The summed E-state index contributed by atoms with van der Waals surface area (Å²) in [6.45, 7) is 9.12. The molecule has 1 unspecified atom stereocenters. The van der Waals surface area contributed by atoms with Crippen LogP contribution in [0.5, 0.6) is 0 Å². The smallest absolute Gasteiger partial charge is 0.134 e. The SMILES string of the molecule is C=CCCCC(NCCC)c1cc2cc(C)ccc2o1. The summed E-state index contributed by atoms with van der Waals surface area (Å²) in [7, 11) is 0. The van der Waals surface area contributed by atoms with E-state index in [1.165, 1.54) is 10.9 Å². The van der Waals surface area contributed by atoms with Gasteiger partial charge in [-0.25, -0.2) is 0 Å². The lowest BCUT2D eigenvalue weighted by Gasteiger charge is -2.15. The molecule has 2 nitrogen and oxygen atoms in total. The van der Waals surface area contributed by atoms with Gasteiger partial charge in [0, 0.05) is 5.39 Å². The molecule has 1 heterocycles. The third-order valence-corrected chi connectivity index (χ3v) is 3.58. The molecule has 0 saturated heterocycles. The molecule has 2 aromatic rings. The first-order valence-electron chi connectivity index (χ1n) is 7.59. The highest BCUT2D eigenvalue weighted by molar-refractivity contribution is 5.78. The van der Waals surface area contributed by atoms with E-state index in [0.29, 0.717) is 6.04 Å². The maximum atomic E-state index is 6.02. The van der Waals surface area contributed by atoms with E-state index in [1.807, 2.05) is 6.08 Å². The number of nitrogens with one attached hydrogen (secondary N) is 1. The van der Waals surface area contributed by atoms with Gasteiger partial charge in [-0.2, -0.15) is 0 Å². The molecule has 1 atom stereocenters. The molecule has 20 heavy (non-hydrogen) atoms. The molecule has 1 N–H and O–H groups in total. The minimum atomic E-state index is 0.308. The molecule has 0 spiro atoms. The van der Waals surface area contributed by atoms with Gasteiger partial charge in [0.1, 0.15) is 11.3 Å². The Morgan fingerprint density at radius 1 is 1.35 bits per heavy atom. The fourth-order valence-electron chi connectivity index (χ4n) is 2.48. The van der Waals surface area contributed by atoms with E-state index >= 15 is 0 Å². The van der Waals surface area contributed by atoms with Crippen molar-refractivity contribution >= 4 is 11.0 Å². The second-order valence-corrected chi connectivity index (χ2v) is 5.42. The van der Waals surface area contributed by atoms with Crippen LogP contribution in [-0.2, 0) is 0 Å². The summed E-state index contributed by atoms with van der Waals surface area (Å²) < 4.78 is 6.02. The summed E-state index contributed by atoms with van der Waals surface area (Å²) in [4.78, 5) is 0. The zero-order valence-electron chi connectivity index (χ0n) is 12.6. The maximum absolute atomic E-state index is 6.02. The summed E-state index contributed by atoms with van der Waals surface area (Å²) in [6, 6.07) is 8.84. The average molecular weight is 271 g/mol. The van der Waals surface area contributed by atoms with Gasteiger partial charge in [0.15, 0.2) is 0 Å². The summed E-state index contributed by atoms with van der Waals surface area (Å²) in [5.41, 5.74) is 2.26. The summed E-state index contributed by atoms with van der Waals surface area (Å²) in [5, 5.41) is 4.79. The highest BCUT2D eigenvalue weighted by Crippen LogP contribution is 2.27. The highest BCUT2D eigenvalue weighted by atomic mass is 16.3. The van der Waals surface area contributed by atoms with Crippen molar-refractivity contribution in [1.82, 2.24) is 5.32 Å². The van der Waals surface area contributed by atoms with Crippen LogP contribution in [0, 0.1) is 6.92 Å². The number of benzene rings is 1. The Hall–Kier alpha value is -1.54. The molecule has 2 heteroatoms. The zero-order valence-corrected chi connectivity index (χ0v) is 12.6. The molecule has 108 valence electrons. The first-order valence-corrected chi connectivity index (χ1v) is 7.59. The fourth-order valence-corrected chi connectivity index (χ4v) is 2.48. The van der Waals surface area contributed by atoms with E-state index in [9.17, 15) is 0 Å². The number of furan rings is 1. The average Bonchev–Trinajstić information content (AvgIpc) is 2.85. The van der Waals surface area contributed by atoms with Crippen LogP contribution in [-0.4, -0.2) is 6.54 Å². The minimum Gasteiger partial charge on any atom is -0.459 e. The minimum absolute atomic E-state index is 0.308. The Bertz CT molecular complexity index is 556. The van der Waals surface area contributed by atoms with Crippen molar-refractivity contribution in [3.8, 4) is 0 Å². The topological polar surface area (TPSA) is 25.2 Å². The molecule has 0 aliphatic heterocycles. The van der Waals surface area contributed by atoms with Crippen molar-refractivity contribution < 1.29 is 4.42 Å². The second kappa shape index (κ2) is 7.30. The van der Waals surface area contributed by atoms with Gasteiger partial charge in [0.05, 0.1) is 6.04 Å². The largest absolute Gasteiger partial charge is 0.459 e. The predicted octanol–water partition coefficient (Wildman–Crippen LogP) is 5.14. The summed E-state index contributed by atoms with van der Waals surface area (Å²) in [5.74, 6) is 1.06. The molecular formula is C18H25NO. The van der Waals surface area contributed by atoms with Crippen molar-refractivity contribution in [2.75, 3.05) is 6.54 Å². The monoisotopic (exact) mass is 271 g/mol. The van der Waals surface area contributed by atoms with Gasteiger partial charge in [-0.15, -0.1) is 6.58 Å². The quantitative estimate of drug-likeness (QED) is 0.531. The molecule has 0 radical (unpaired) electrons. The van der Waals surface area contributed by atoms with Crippen LogP contribution < -0.4 is 5.32 Å². The van der Waals surface area contributed by atoms with Crippen LogP contribution in [0.15, 0.2) is 41.3 Å². The molecule has 0 saturated carbocycles. The van der Waals surface area contributed by atoms with Gasteiger partial charge < -0.3 is 9.73 Å². The van der Waals surface area contributed by atoms with Crippen LogP contribution in [0.3, 0.4) is 0 Å². The molecule has 0 aliphatic rings. The third kappa shape index (κ3) is 3.73. The number of rotatable bonds is 8. The predicted molar refractivity (Wildman–Crippen MR) is 86.0 cm³/mol. The number of allylic oxidation sites excluding steroid dienone is 1. The molecule has 1 aromatic heterocycles. The third-order valence-electron chi connectivity index (χ3n) is 3.58. The van der Waals surface area contributed by atoms with Gasteiger partial charge in [0.2, 0.25) is 0 Å². The van der Waals surface area contributed by atoms with E-state index < -0.39 is 0 Å². The van der Waals surface area contributed by atoms with Gasteiger partial charge in [0.25, 0.3) is 0 Å². The first-order chi connectivity index (χ1) is 9.74. The van der Waals surface area contributed by atoms with Crippen molar-refractivity contribution in [2.24, 2.45) is 0 Å². The number of aryl methyl sites for hydroxylation is 1. The van der Waals surface area contributed by atoms with Crippen LogP contribution in [0.1, 0.15) is 50.0 Å². The Morgan fingerprint density at radius 2 is 2.20 bits per heavy atom. The molecule has 1 aromatic carbocycles. The lowest BCUT2D eigenvalue weighted by molar-refractivity contribution is 0.404. The number of hydrogen-bond donors (Lipinski definition) is 1. The molecule has 2 rings (SSSR count). The van der Waals surface area contributed by atoms with E-state index in [0.717, 1.165) is 43.6 Å². The van der Waals surface area contributed by atoms with Crippen LogP contribution in [0.4, 0.5) is 0 Å². The van der Waals surface area contributed by atoms with Crippen molar-refractivity contribution in [3.63, 3.8) is 0 Å². The summed E-state index contributed by atoms with van der Waals surface area (Å²) in [6.07, 6.45) is 6.41. The van der Waals surface area contributed by atoms with E-state index in [2.05, 4.69) is 50.0 Å². The normalized spacial score (nSPS) is 12.7. The Labute approximate surface area is 121 Å². The van der Waals surface area contributed by atoms with Crippen molar-refractivity contribution in [3.05, 3.63) is 48.2 Å². The fraction of sp³-hybridized carbons (Fsp3) is 0.444. The Balaban J connectivity index is 2.17. The zero-order chi connectivity index (χ0) is 14.4. The highest BCUT2D eigenvalue weighted by Gasteiger charge is 2.15. The van der Waals surface area contributed by atoms with E-state index in [-0.39, 0.29) is 0 Å². The van der Waals surface area contributed by atoms with Crippen LogP contribution in [0.25, 0.3) is 11.0 Å². The van der Waals surface area contributed by atoms with E-state index in [1.54, 1.807) is 0 Å². The standard InChI is InChI=1S/C18H25NO/c1-4-6-7-8-16(19-11-5-2)18-13-15-12-14(3)9-10-17(15)20-18/h4,9-10,12-13,16,19H,1,5-8,11H2,2-3H3. The van der Waals surface area contributed by atoms with E-state index in [4.69, 9.17) is 4.42 Å². The van der Waals surface area contributed by atoms with Crippen LogP contribution in [0.2, 0.25) is 0 Å². The number of fused-ring (bicyclic) bond motifs is 1. The number of hydrogen-bond acceptors (Lipinski definition) is 2. The van der Waals surface area contributed by atoms with Gasteiger partial charge in [-0.3, -0.25) is 0 Å². The maximum Gasteiger partial charge on any atom is 0.134 e. The van der Waals surface area contributed by atoms with Gasteiger partial charge in [-0.05, 0) is 57.4 Å².